The van der Waals surface area contributed by atoms with Crippen LogP contribution in [-0.4, -0.2) is 22.6 Å². The van der Waals surface area contributed by atoms with Gasteiger partial charge in [0.15, 0.2) is 0 Å². The van der Waals surface area contributed by atoms with Crippen molar-refractivity contribution in [3.8, 4) is 0 Å². The molecule has 1 saturated carbocycles. The van der Waals surface area contributed by atoms with Crippen LogP contribution < -0.4 is 16.6 Å². The van der Waals surface area contributed by atoms with Crippen LogP contribution in [0.5, 0.6) is 0 Å². The van der Waals surface area contributed by atoms with E-state index >= 15 is 0 Å². The SMILES string of the molecule is Cc1nc(NC(CN)C2CCCCC2)cc(=O)[nH]1. The van der Waals surface area contributed by atoms with Gasteiger partial charge in [-0.25, -0.2) is 4.98 Å². The van der Waals surface area contributed by atoms with Gasteiger partial charge in [0.2, 0.25) is 0 Å². The number of hydrogen-bond acceptors (Lipinski definition) is 4. The molecular weight excluding hydrogens is 228 g/mol. The highest BCUT2D eigenvalue weighted by Crippen LogP contribution is 2.27. The molecule has 1 fully saturated rings. The Bertz CT molecular complexity index is 437. The standard InChI is InChI=1S/C13H22N4O/c1-9-15-12(7-13(18)16-9)17-11(8-14)10-5-3-2-4-6-10/h7,10-11H,2-6,8,14H2,1H3,(H2,15,16,17,18). The third kappa shape index (κ3) is 3.32. The number of H-pyrrole nitrogens is 1. The molecule has 1 aliphatic rings. The largest absolute Gasteiger partial charge is 0.366 e. The Hall–Kier alpha value is -1.36. The average Bonchev–Trinajstić information content (AvgIpc) is 2.36. The lowest BCUT2D eigenvalue weighted by molar-refractivity contribution is 0.320. The van der Waals surface area contributed by atoms with Crippen molar-refractivity contribution in [2.45, 2.75) is 45.1 Å². The van der Waals surface area contributed by atoms with Crippen LogP contribution in [0.2, 0.25) is 0 Å². The van der Waals surface area contributed by atoms with Gasteiger partial charge in [0.1, 0.15) is 11.6 Å². The molecule has 0 bridgehead atoms. The van der Waals surface area contributed by atoms with Gasteiger partial charge in [-0.2, -0.15) is 0 Å². The van der Waals surface area contributed by atoms with Crippen LogP contribution in [0, 0.1) is 12.8 Å². The summed E-state index contributed by atoms with van der Waals surface area (Å²) < 4.78 is 0. The van der Waals surface area contributed by atoms with Crippen LogP contribution in [0.25, 0.3) is 0 Å². The predicted molar refractivity (Wildman–Crippen MR) is 72.6 cm³/mol. The monoisotopic (exact) mass is 250 g/mol. The highest BCUT2D eigenvalue weighted by molar-refractivity contribution is 5.34. The van der Waals surface area contributed by atoms with Gasteiger partial charge >= 0.3 is 0 Å². The van der Waals surface area contributed by atoms with Crippen molar-refractivity contribution in [2.75, 3.05) is 11.9 Å². The van der Waals surface area contributed by atoms with Gasteiger partial charge in [0, 0.05) is 18.7 Å². The third-order valence-corrected chi connectivity index (χ3v) is 3.67. The van der Waals surface area contributed by atoms with Crippen LogP contribution in [0.1, 0.15) is 37.9 Å². The first-order chi connectivity index (χ1) is 8.69. The fourth-order valence-electron chi connectivity index (χ4n) is 2.75. The lowest BCUT2D eigenvalue weighted by Crippen LogP contribution is -2.38. The molecule has 0 aliphatic heterocycles. The van der Waals surface area contributed by atoms with E-state index in [1.807, 2.05) is 0 Å². The van der Waals surface area contributed by atoms with Crippen LogP contribution in [-0.2, 0) is 0 Å². The molecule has 1 aromatic heterocycles. The first-order valence-corrected chi connectivity index (χ1v) is 6.73. The number of hydrogen-bond donors (Lipinski definition) is 3. The summed E-state index contributed by atoms with van der Waals surface area (Å²) in [6, 6.07) is 1.72. The first-order valence-electron chi connectivity index (χ1n) is 6.73. The summed E-state index contributed by atoms with van der Waals surface area (Å²) in [5.74, 6) is 1.87. The second-order valence-electron chi connectivity index (χ2n) is 5.10. The van der Waals surface area contributed by atoms with E-state index in [1.54, 1.807) is 6.92 Å². The molecule has 4 N–H and O–H groups in total. The molecule has 18 heavy (non-hydrogen) atoms. The second-order valence-corrected chi connectivity index (χ2v) is 5.10. The number of anilines is 1. The van der Waals surface area contributed by atoms with E-state index in [-0.39, 0.29) is 11.6 Å². The molecule has 1 aliphatic carbocycles. The van der Waals surface area contributed by atoms with Crippen molar-refractivity contribution < 1.29 is 0 Å². The van der Waals surface area contributed by atoms with E-state index in [2.05, 4.69) is 15.3 Å². The van der Waals surface area contributed by atoms with Gasteiger partial charge in [0.25, 0.3) is 5.56 Å². The van der Waals surface area contributed by atoms with Gasteiger partial charge in [0.05, 0.1) is 0 Å². The van der Waals surface area contributed by atoms with E-state index in [4.69, 9.17) is 5.73 Å². The number of nitrogens with zero attached hydrogens (tertiary/aromatic N) is 1. The van der Waals surface area contributed by atoms with E-state index in [9.17, 15) is 4.79 Å². The van der Waals surface area contributed by atoms with E-state index in [0.29, 0.717) is 24.1 Å². The number of aromatic nitrogens is 2. The molecule has 100 valence electrons. The fraction of sp³-hybridized carbons (Fsp3) is 0.692. The summed E-state index contributed by atoms with van der Waals surface area (Å²) in [6.45, 7) is 2.36. The smallest absolute Gasteiger partial charge is 0.252 e. The quantitative estimate of drug-likeness (QED) is 0.754. The predicted octanol–water partition coefficient (Wildman–Crippen LogP) is 1.40. The molecule has 2 rings (SSSR count). The summed E-state index contributed by atoms with van der Waals surface area (Å²) >= 11 is 0. The van der Waals surface area contributed by atoms with E-state index < -0.39 is 0 Å². The molecule has 1 aromatic rings. The second kappa shape index (κ2) is 6.00. The Morgan fingerprint density at radius 2 is 2.22 bits per heavy atom. The highest BCUT2D eigenvalue weighted by Gasteiger charge is 2.22. The van der Waals surface area contributed by atoms with Crippen molar-refractivity contribution >= 4 is 5.82 Å². The molecule has 5 nitrogen and oxygen atoms in total. The molecule has 0 radical (unpaired) electrons. The van der Waals surface area contributed by atoms with E-state index in [1.165, 1.54) is 38.2 Å². The number of nitrogens with two attached hydrogens (primary N) is 1. The maximum atomic E-state index is 11.4. The molecule has 1 unspecified atom stereocenters. The molecule has 5 heteroatoms. The first kappa shape index (κ1) is 13.1. The average molecular weight is 250 g/mol. The zero-order chi connectivity index (χ0) is 13.0. The van der Waals surface area contributed by atoms with Crippen molar-refractivity contribution in [3.63, 3.8) is 0 Å². The third-order valence-electron chi connectivity index (χ3n) is 3.67. The van der Waals surface area contributed by atoms with Gasteiger partial charge in [-0.05, 0) is 25.7 Å². The number of rotatable bonds is 4. The van der Waals surface area contributed by atoms with Gasteiger partial charge in [-0.1, -0.05) is 19.3 Å². The highest BCUT2D eigenvalue weighted by atomic mass is 16.1. The molecule has 0 saturated heterocycles. The summed E-state index contributed by atoms with van der Waals surface area (Å²) in [5.41, 5.74) is 5.73. The Morgan fingerprint density at radius 3 is 2.83 bits per heavy atom. The Labute approximate surface area is 107 Å². The molecule has 0 aromatic carbocycles. The van der Waals surface area contributed by atoms with Crippen molar-refractivity contribution in [1.29, 1.82) is 0 Å². The topological polar surface area (TPSA) is 83.8 Å². The minimum atomic E-state index is -0.121. The van der Waals surface area contributed by atoms with Gasteiger partial charge in [-0.15, -0.1) is 0 Å². The zero-order valence-corrected chi connectivity index (χ0v) is 10.9. The summed E-state index contributed by atoms with van der Waals surface area (Å²) in [4.78, 5) is 18.3. The van der Waals surface area contributed by atoms with Crippen LogP contribution in [0.4, 0.5) is 5.82 Å². The molecule has 0 spiro atoms. The number of aromatic amines is 1. The summed E-state index contributed by atoms with van der Waals surface area (Å²) in [5, 5.41) is 3.32. The minimum absolute atomic E-state index is 0.121. The summed E-state index contributed by atoms with van der Waals surface area (Å²) in [7, 11) is 0. The van der Waals surface area contributed by atoms with Gasteiger partial charge in [-0.3, -0.25) is 4.79 Å². The minimum Gasteiger partial charge on any atom is -0.366 e. The molecule has 0 amide bonds. The number of nitrogens with one attached hydrogen (secondary N) is 2. The van der Waals surface area contributed by atoms with Crippen molar-refractivity contribution in [3.05, 3.63) is 22.2 Å². The van der Waals surface area contributed by atoms with E-state index in [0.717, 1.165) is 0 Å². The fourth-order valence-corrected chi connectivity index (χ4v) is 2.75. The zero-order valence-electron chi connectivity index (χ0n) is 10.9. The lowest BCUT2D eigenvalue weighted by Gasteiger charge is -2.30. The maximum Gasteiger partial charge on any atom is 0.252 e. The normalized spacial score (nSPS) is 18.6. The molecular formula is C13H22N4O. The summed E-state index contributed by atoms with van der Waals surface area (Å²) in [6.07, 6.45) is 6.33. The maximum absolute atomic E-state index is 11.4. The van der Waals surface area contributed by atoms with Gasteiger partial charge < -0.3 is 16.0 Å². The molecule has 1 atom stereocenters. The Kier molecular flexibility index (Phi) is 4.36. The van der Waals surface area contributed by atoms with Crippen molar-refractivity contribution in [1.82, 2.24) is 9.97 Å². The van der Waals surface area contributed by atoms with Crippen LogP contribution in [0.3, 0.4) is 0 Å². The van der Waals surface area contributed by atoms with Crippen LogP contribution in [0.15, 0.2) is 10.9 Å². The molecule has 1 heterocycles. The Balaban J connectivity index is 2.06. The van der Waals surface area contributed by atoms with Crippen LogP contribution >= 0.6 is 0 Å². The Morgan fingerprint density at radius 1 is 1.50 bits per heavy atom. The lowest BCUT2D eigenvalue weighted by atomic mass is 9.84. The number of aryl methyl sites for hydroxylation is 1. The van der Waals surface area contributed by atoms with Crippen molar-refractivity contribution in [2.24, 2.45) is 11.7 Å².